The standard InChI is InChI=1S/C24H29N5O3S2/c1-16-7-6-10-21(17(16)2)29-23(18-11-13-20(14-12-18)28-34(3,31)32)26-27-24(29)33-15-22(30)25-19-8-4-5-9-19/h6-7,10-14,19,28H,4-5,8-9,15H2,1-3H3,(H,25,30). The van der Waals surface area contributed by atoms with Gasteiger partial charge in [0, 0.05) is 17.3 Å². The number of sulfonamides is 1. The van der Waals surface area contributed by atoms with Crippen LogP contribution in [-0.4, -0.2) is 47.1 Å². The van der Waals surface area contributed by atoms with Crippen molar-refractivity contribution in [2.45, 2.75) is 50.7 Å². The van der Waals surface area contributed by atoms with Crippen molar-refractivity contribution in [3.05, 3.63) is 53.6 Å². The number of aromatic nitrogens is 3. The quantitative estimate of drug-likeness (QED) is 0.453. The summed E-state index contributed by atoms with van der Waals surface area (Å²) in [5.74, 6) is 0.889. The molecule has 0 radical (unpaired) electrons. The average Bonchev–Trinajstić information content (AvgIpc) is 3.44. The monoisotopic (exact) mass is 499 g/mol. The maximum atomic E-state index is 12.5. The first kappa shape index (κ1) is 24.3. The SMILES string of the molecule is Cc1cccc(-n2c(SCC(=O)NC3CCCC3)nnc2-c2ccc(NS(C)(=O)=O)cc2)c1C. The van der Waals surface area contributed by atoms with Gasteiger partial charge in [0.2, 0.25) is 15.9 Å². The fourth-order valence-electron chi connectivity index (χ4n) is 4.12. The molecule has 0 aliphatic heterocycles. The predicted octanol–water partition coefficient (Wildman–Crippen LogP) is 4.07. The molecule has 0 saturated heterocycles. The predicted molar refractivity (Wildman–Crippen MR) is 136 cm³/mol. The highest BCUT2D eigenvalue weighted by Gasteiger charge is 2.21. The van der Waals surface area contributed by atoms with E-state index < -0.39 is 10.0 Å². The highest BCUT2D eigenvalue weighted by atomic mass is 32.2. The second-order valence-corrected chi connectivity index (χ2v) is 11.3. The number of anilines is 1. The number of nitrogens with zero attached hydrogens (tertiary/aromatic N) is 3. The van der Waals surface area contributed by atoms with Crippen molar-refractivity contribution >= 4 is 33.4 Å². The Morgan fingerprint density at radius 3 is 2.47 bits per heavy atom. The van der Waals surface area contributed by atoms with Crippen molar-refractivity contribution in [2.75, 3.05) is 16.7 Å². The molecule has 10 heteroatoms. The fourth-order valence-corrected chi connectivity index (χ4v) is 5.44. The van der Waals surface area contributed by atoms with Crippen molar-refractivity contribution in [3.8, 4) is 17.1 Å². The van der Waals surface area contributed by atoms with Gasteiger partial charge < -0.3 is 5.32 Å². The Morgan fingerprint density at radius 1 is 1.09 bits per heavy atom. The van der Waals surface area contributed by atoms with Crippen molar-refractivity contribution in [1.82, 2.24) is 20.1 Å². The van der Waals surface area contributed by atoms with E-state index in [2.05, 4.69) is 40.2 Å². The Labute approximate surface area is 204 Å². The molecule has 0 bridgehead atoms. The van der Waals surface area contributed by atoms with Gasteiger partial charge in [-0.25, -0.2) is 8.42 Å². The number of aryl methyl sites for hydroxylation is 1. The van der Waals surface area contributed by atoms with E-state index in [9.17, 15) is 13.2 Å². The van der Waals surface area contributed by atoms with Crippen LogP contribution in [0.1, 0.15) is 36.8 Å². The van der Waals surface area contributed by atoms with Crippen LogP contribution >= 0.6 is 11.8 Å². The summed E-state index contributed by atoms with van der Waals surface area (Å²) in [6.45, 7) is 4.10. The van der Waals surface area contributed by atoms with E-state index >= 15 is 0 Å². The van der Waals surface area contributed by atoms with E-state index in [4.69, 9.17) is 0 Å². The van der Waals surface area contributed by atoms with Crippen LogP contribution in [0.2, 0.25) is 0 Å². The Balaban J connectivity index is 1.65. The van der Waals surface area contributed by atoms with Gasteiger partial charge in [-0.3, -0.25) is 14.1 Å². The second kappa shape index (κ2) is 10.2. The largest absolute Gasteiger partial charge is 0.353 e. The Hall–Kier alpha value is -2.85. The maximum Gasteiger partial charge on any atom is 0.230 e. The lowest BCUT2D eigenvalue weighted by Crippen LogP contribution is -2.33. The Morgan fingerprint density at radius 2 is 1.79 bits per heavy atom. The molecule has 2 N–H and O–H groups in total. The van der Waals surface area contributed by atoms with Gasteiger partial charge in [0.05, 0.1) is 17.7 Å². The molecule has 0 atom stereocenters. The first-order chi connectivity index (χ1) is 16.2. The minimum atomic E-state index is -3.36. The van der Waals surface area contributed by atoms with Crippen LogP contribution in [0.3, 0.4) is 0 Å². The van der Waals surface area contributed by atoms with Crippen LogP contribution in [-0.2, 0) is 14.8 Å². The lowest BCUT2D eigenvalue weighted by molar-refractivity contribution is -0.119. The fraction of sp³-hybridized carbons (Fsp3) is 0.375. The van der Waals surface area contributed by atoms with Gasteiger partial charge in [-0.15, -0.1) is 10.2 Å². The smallest absolute Gasteiger partial charge is 0.230 e. The highest BCUT2D eigenvalue weighted by molar-refractivity contribution is 7.99. The van der Waals surface area contributed by atoms with E-state index in [1.54, 1.807) is 24.3 Å². The molecule has 0 spiro atoms. The highest BCUT2D eigenvalue weighted by Crippen LogP contribution is 2.31. The zero-order valence-corrected chi connectivity index (χ0v) is 21.2. The summed E-state index contributed by atoms with van der Waals surface area (Å²) in [5.41, 5.74) is 4.44. The molecule has 2 aromatic carbocycles. The molecule has 3 aromatic rings. The number of benzene rings is 2. The van der Waals surface area contributed by atoms with Gasteiger partial charge in [0.15, 0.2) is 11.0 Å². The van der Waals surface area contributed by atoms with Gasteiger partial charge in [0.1, 0.15) is 0 Å². The molecule has 1 amide bonds. The van der Waals surface area contributed by atoms with Crippen molar-refractivity contribution < 1.29 is 13.2 Å². The minimum Gasteiger partial charge on any atom is -0.353 e. The van der Waals surface area contributed by atoms with Crippen LogP contribution in [0.15, 0.2) is 47.6 Å². The third-order valence-corrected chi connectivity index (χ3v) is 7.48. The van der Waals surface area contributed by atoms with Gasteiger partial charge in [-0.1, -0.05) is 36.7 Å². The third-order valence-electron chi connectivity index (χ3n) is 5.95. The van der Waals surface area contributed by atoms with E-state index in [0.717, 1.165) is 41.5 Å². The zero-order chi connectivity index (χ0) is 24.3. The molecule has 0 unspecified atom stereocenters. The second-order valence-electron chi connectivity index (χ2n) is 8.65. The molecule has 1 aliphatic rings. The van der Waals surface area contributed by atoms with E-state index in [1.165, 1.54) is 24.6 Å². The molecular weight excluding hydrogens is 470 g/mol. The van der Waals surface area contributed by atoms with Crippen molar-refractivity contribution in [2.24, 2.45) is 0 Å². The number of carbonyl (C=O) groups is 1. The first-order valence-corrected chi connectivity index (χ1v) is 14.1. The van der Waals surface area contributed by atoms with Crippen LogP contribution in [0.4, 0.5) is 5.69 Å². The van der Waals surface area contributed by atoms with Crippen molar-refractivity contribution in [1.29, 1.82) is 0 Å². The first-order valence-electron chi connectivity index (χ1n) is 11.2. The van der Waals surface area contributed by atoms with Crippen LogP contribution in [0, 0.1) is 13.8 Å². The number of hydrogen-bond donors (Lipinski definition) is 2. The van der Waals surface area contributed by atoms with E-state index in [1.807, 2.05) is 16.7 Å². The summed E-state index contributed by atoms with van der Waals surface area (Å²) in [6.07, 6.45) is 5.54. The molecule has 8 nitrogen and oxygen atoms in total. The number of hydrogen-bond acceptors (Lipinski definition) is 6. The molecule has 180 valence electrons. The van der Waals surface area contributed by atoms with Crippen LogP contribution in [0.25, 0.3) is 17.1 Å². The van der Waals surface area contributed by atoms with Gasteiger partial charge in [0.25, 0.3) is 0 Å². The summed E-state index contributed by atoms with van der Waals surface area (Å²) >= 11 is 1.36. The molecule has 1 saturated carbocycles. The Bertz CT molecular complexity index is 1280. The molecular formula is C24H29N5O3S2. The number of thioether (sulfide) groups is 1. The van der Waals surface area contributed by atoms with Gasteiger partial charge in [-0.05, 0) is 68.1 Å². The summed E-state index contributed by atoms with van der Waals surface area (Å²) in [4.78, 5) is 12.5. The Kier molecular flexibility index (Phi) is 7.27. The molecule has 1 aliphatic carbocycles. The molecule has 1 fully saturated rings. The molecule has 1 heterocycles. The summed E-state index contributed by atoms with van der Waals surface area (Å²) in [6, 6.07) is 13.3. The molecule has 34 heavy (non-hydrogen) atoms. The lowest BCUT2D eigenvalue weighted by atomic mass is 10.1. The number of nitrogens with one attached hydrogen (secondary N) is 2. The molecule has 1 aromatic heterocycles. The van der Waals surface area contributed by atoms with Crippen LogP contribution in [0.5, 0.6) is 0 Å². The molecule has 4 rings (SSSR count). The van der Waals surface area contributed by atoms with Gasteiger partial charge >= 0.3 is 0 Å². The summed E-state index contributed by atoms with van der Waals surface area (Å²) < 4.78 is 27.5. The number of amides is 1. The summed E-state index contributed by atoms with van der Waals surface area (Å²) in [5, 5.41) is 12.6. The zero-order valence-electron chi connectivity index (χ0n) is 19.5. The van der Waals surface area contributed by atoms with Crippen molar-refractivity contribution in [3.63, 3.8) is 0 Å². The van der Waals surface area contributed by atoms with Gasteiger partial charge in [-0.2, -0.15) is 0 Å². The maximum absolute atomic E-state index is 12.5. The topological polar surface area (TPSA) is 106 Å². The van der Waals surface area contributed by atoms with E-state index in [-0.39, 0.29) is 17.7 Å². The third kappa shape index (κ3) is 5.79. The number of rotatable bonds is 8. The van der Waals surface area contributed by atoms with Crippen LogP contribution < -0.4 is 10.0 Å². The minimum absolute atomic E-state index is 0.00478. The number of carbonyl (C=O) groups excluding carboxylic acids is 1. The van der Waals surface area contributed by atoms with E-state index in [0.29, 0.717) is 16.7 Å². The lowest BCUT2D eigenvalue weighted by Gasteiger charge is -2.15. The average molecular weight is 500 g/mol. The summed E-state index contributed by atoms with van der Waals surface area (Å²) in [7, 11) is -3.36. The normalized spacial score (nSPS) is 14.3.